The molecule has 0 saturated heterocycles. The van der Waals surface area contributed by atoms with Crippen molar-refractivity contribution in [2.24, 2.45) is 5.92 Å². The molecule has 1 N–H and O–H groups in total. The first-order chi connectivity index (χ1) is 12.8. The highest BCUT2D eigenvalue weighted by molar-refractivity contribution is 6.05. The van der Waals surface area contributed by atoms with E-state index in [4.69, 9.17) is 4.74 Å². The van der Waals surface area contributed by atoms with Crippen molar-refractivity contribution < 1.29 is 19.1 Å². The lowest BCUT2D eigenvalue weighted by Gasteiger charge is -2.08. The summed E-state index contributed by atoms with van der Waals surface area (Å²) in [5, 5.41) is 2.77. The molecular formula is C22H23NO4. The fourth-order valence-corrected chi connectivity index (χ4v) is 3.14. The number of hydrogen-bond acceptors (Lipinski definition) is 4. The molecule has 1 heterocycles. The van der Waals surface area contributed by atoms with Gasteiger partial charge in [0.2, 0.25) is 5.91 Å². The summed E-state index contributed by atoms with van der Waals surface area (Å²) < 4.78 is 5.16. The predicted molar refractivity (Wildman–Crippen MR) is 103 cm³/mol. The van der Waals surface area contributed by atoms with Crippen LogP contribution in [0.1, 0.15) is 58.5 Å². The zero-order valence-electron chi connectivity index (χ0n) is 15.7. The molecule has 1 amide bonds. The zero-order valence-corrected chi connectivity index (χ0v) is 15.7. The molecule has 2 aromatic carbocycles. The van der Waals surface area contributed by atoms with E-state index in [0.29, 0.717) is 17.0 Å². The maximum atomic E-state index is 12.4. The number of nitrogens with one attached hydrogen (secondary N) is 1. The van der Waals surface area contributed by atoms with Gasteiger partial charge in [-0.15, -0.1) is 0 Å². The second kappa shape index (κ2) is 7.74. The van der Waals surface area contributed by atoms with Crippen molar-refractivity contribution >= 4 is 23.3 Å². The minimum absolute atomic E-state index is 0.0815. The van der Waals surface area contributed by atoms with Gasteiger partial charge >= 0.3 is 5.97 Å². The quantitative estimate of drug-likeness (QED) is 0.621. The summed E-state index contributed by atoms with van der Waals surface area (Å²) in [6.45, 7) is 5.73. The van der Waals surface area contributed by atoms with E-state index in [2.05, 4.69) is 19.2 Å². The summed E-state index contributed by atoms with van der Waals surface area (Å²) in [5.41, 5.74) is 3.53. The molecule has 0 aliphatic carbocycles. The third-order valence-corrected chi connectivity index (χ3v) is 4.66. The highest BCUT2D eigenvalue weighted by Gasteiger charge is 2.27. The van der Waals surface area contributed by atoms with Crippen molar-refractivity contribution in [3.05, 3.63) is 64.7 Å². The molecule has 0 radical (unpaired) electrons. The van der Waals surface area contributed by atoms with Crippen molar-refractivity contribution in [3.8, 4) is 0 Å². The smallest absolute Gasteiger partial charge is 0.338 e. The van der Waals surface area contributed by atoms with E-state index >= 15 is 0 Å². The van der Waals surface area contributed by atoms with Crippen molar-refractivity contribution in [1.29, 1.82) is 0 Å². The molecule has 3 rings (SSSR count). The molecule has 1 aliphatic heterocycles. The number of ketones is 1. The Morgan fingerprint density at radius 2 is 1.74 bits per heavy atom. The van der Waals surface area contributed by atoms with E-state index in [1.807, 2.05) is 12.1 Å². The van der Waals surface area contributed by atoms with Crippen molar-refractivity contribution in [3.63, 3.8) is 0 Å². The summed E-state index contributed by atoms with van der Waals surface area (Å²) in [7, 11) is 0. The number of benzene rings is 2. The van der Waals surface area contributed by atoms with Crippen LogP contribution in [0.2, 0.25) is 0 Å². The largest absolute Gasteiger partial charge is 0.454 e. The first kappa shape index (κ1) is 18.8. The van der Waals surface area contributed by atoms with Gasteiger partial charge < -0.3 is 10.1 Å². The molecule has 1 atom stereocenters. The summed E-state index contributed by atoms with van der Waals surface area (Å²) in [5.74, 6) is -0.650. The Kier molecular flexibility index (Phi) is 5.40. The van der Waals surface area contributed by atoms with Crippen LogP contribution in [0, 0.1) is 5.92 Å². The minimum atomic E-state index is -0.522. The molecule has 0 unspecified atom stereocenters. The summed E-state index contributed by atoms with van der Waals surface area (Å²) >= 11 is 0. The van der Waals surface area contributed by atoms with E-state index in [-0.39, 0.29) is 24.2 Å². The molecule has 0 spiro atoms. The van der Waals surface area contributed by atoms with Gasteiger partial charge in [-0.3, -0.25) is 9.59 Å². The Morgan fingerprint density at radius 3 is 2.41 bits per heavy atom. The normalized spacial score (nSPS) is 15.4. The van der Waals surface area contributed by atoms with Gasteiger partial charge in [0.25, 0.3) is 0 Å². The van der Waals surface area contributed by atoms with Gasteiger partial charge in [0, 0.05) is 11.3 Å². The van der Waals surface area contributed by atoms with E-state index < -0.39 is 5.97 Å². The number of esters is 1. The number of Topliss-reactive ketones (excluding diaryl/α,β-unsaturated/α-hetero) is 1. The van der Waals surface area contributed by atoms with Crippen molar-refractivity contribution in [2.75, 3.05) is 11.9 Å². The van der Waals surface area contributed by atoms with Crippen LogP contribution in [0.3, 0.4) is 0 Å². The first-order valence-electron chi connectivity index (χ1n) is 9.09. The molecule has 5 nitrogen and oxygen atoms in total. The van der Waals surface area contributed by atoms with Gasteiger partial charge in [-0.1, -0.05) is 26.0 Å². The minimum Gasteiger partial charge on any atom is -0.454 e. The van der Waals surface area contributed by atoms with Crippen LogP contribution in [0.25, 0.3) is 0 Å². The molecule has 5 heteroatoms. The average molecular weight is 365 g/mol. The topological polar surface area (TPSA) is 72.5 Å². The monoisotopic (exact) mass is 365 g/mol. The highest BCUT2D eigenvalue weighted by Crippen LogP contribution is 2.32. The number of amides is 1. The summed E-state index contributed by atoms with van der Waals surface area (Å²) in [6, 6.07) is 12.3. The lowest BCUT2D eigenvalue weighted by atomic mass is 9.99. The van der Waals surface area contributed by atoms with E-state index in [1.54, 1.807) is 37.3 Å². The van der Waals surface area contributed by atoms with Gasteiger partial charge in [0.15, 0.2) is 12.4 Å². The van der Waals surface area contributed by atoms with Crippen LogP contribution >= 0.6 is 0 Å². The maximum absolute atomic E-state index is 12.4. The highest BCUT2D eigenvalue weighted by atomic mass is 16.5. The van der Waals surface area contributed by atoms with Crippen LogP contribution < -0.4 is 5.32 Å². The average Bonchev–Trinajstić information content (AvgIpc) is 2.93. The van der Waals surface area contributed by atoms with Gasteiger partial charge in [0.05, 0.1) is 11.5 Å². The molecule has 0 fully saturated rings. The lowest BCUT2D eigenvalue weighted by molar-refractivity contribution is -0.116. The molecule has 2 aromatic rings. The zero-order chi connectivity index (χ0) is 19.6. The molecule has 140 valence electrons. The van der Waals surface area contributed by atoms with E-state index in [0.717, 1.165) is 23.2 Å². The van der Waals surface area contributed by atoms with Crippen LogP contribution in [0.5, 0.6) is 0 Å². The Hall–Kier alpha value is -2.95. The second-order valence-corrected chi connectivity index (χ2v) is 7.31. The molecule has 0 bridgehead atoms. The van der Waals surface area contributed by atoms with E-state index in [9.17, 15) is 14.4 Å². The van der Waals surface area contributed by atoms with Gasteiger partial charge in [-0.25, -0.2) is 4.79 Å². The van der Waals surface area contributed by atoms with Gasteiger partial charge in [-0.05, 0) is 60.7 Å². The lowest BCUT2D eigenvalue weighted by Crippen LogP contribution is -2.14. The maximum Gasteiger partial charge on any atom is 0.338 e. The Labute approximate surface area is 158 Å². The van der Waals surface area contributed by atoms with Crippen LogP contribution in [0.4, 0.5) is 5.69 Å². The number of hydrogen-bond donors (Lipinski definition) is 1. The number of anilines is 1. The summed E-state index contributed by atoms with van der Waals surface area (Å²) in [6.07, 6.45) is 0.946. The summed E-state index contributed by atoms with van der Waals surface area (Å²) in [4.78, 5) is 36.2. The Balaban J connectivity index is 1.61. The van der Waals surface area contributed by atoms with Gasteiger partial charge in [0.1, 0.15) is 0 Å². The standard InChI is InChI=1S/C22H23NO4/c1-13(2)10-15-4-6-16(7-5-15)22(26)27-12-20(24)17-8-9-19-18(11-17)14(3)21(25)23-19/h4-9,11,13-14H,10,12H2,1-3H3,(H,23,25)/t14-/m0/s1. The third-order valence-electron chi connectivity index (χ3n) is 4.66. The number of fused-ring (bicyclic) bond motifs is 1. The van der Waals surface area contributed by atoms with Crippen molar-refractivity contribution in [1.82, 2.24) is 0 Å². The fourth-order valence-electron chi connectivity index (χ4n) is 3.14. The molecule has 1 aliphatic rings. The number of carbonyl (C=O) groups excluding carboxylic acids is 3. The van der Waals surface area contributed by atoms with Gasteiger partial charge in [-0.2, -0.15) is 0 Å². The SMILES string of the molecule is CC(C)Cc1ccc(C(=O)OCC(=O)c2ccc3c(c2)[C@H](C)C(=O)N3)cc1. The Bertz CT molecular complexity index is 884. The second-order valence-electron chi connectivity index (χ2n) is 7.31. The van der Waals surface area contributed by atoms with Crippen LogP contribution in [0.15, 0.2) is 42.5 Å². The molecular weight excluding hydrogens is 342 g/mol. The number of ether oxygens (including phenoxy) is 1. The molecule has 27 heavy (non-hydrogen) atoms. The van der Waals surface area contributed by atoms with E-state index in [1.165, 1.54) is 0 Å². The van der Waals surface area contributed by atoms with Crippen LogP contribution in [-0.2, 0) is 16.0 Å². The number of carbonyl (C=O) groups is 3. The predicted octanol–water partition coefficient (Wildman–Crippen LogP) is 3.98. The fraction of sp³-hybridized carbons (Fsp3) is 0.318. The van der Waals surface area contributed by atoms with Crippen molar-refractivity contribution in [2.45, 2.75) is 33.1 Å². The molecule has 0 aromatic heterocycles. The third kappa shape index (κ3) is 4.25. The first-order valence-corrected chi connectivity index (χ1v) is 9.09. The number of rotatable bonds is 6. The van der Waals surface area contributed by atoms with Crippen LogP contribution in [-0.4, -0.2) is 24.3 Å². The molecule has 0 saturated carbocycles. The Morgan fingerprint density at radius 1 is 1.07 bits per heavy atom.